The number of aryl methyl sites for hydroxylation is 1. The van der Waals surface area contributed by atoms with E-state index in [2.05, 4.69) is 0 Å². The Morgan fingerprint density at radius 3 is 2.48 bits per heavy atom. The van der Waals surface area contributed by atoms with Crippen LogP contribution in [0.25, 0.3) is 0 Å². The van der Waals surface area contributed by atoms with Gasteiger partial charge < -0.3 is 5.73 Å². The number of hydrogen-bond donors (Lipinski definition) is 1. The van der Waals surface area contributed by atoms with Crippen molar-refractivity contribution in [2.45, 2.75) is 26.3 Å². The summed E-state index contributed by atoms with van der Waals surface area (Å²) in [7, 11) is -1.73. The summed E-state index contributed by atoms with van der Waals surface area (Å²) in [5.74, 6) is 0.457. The van der Waals surface area contributed by atoms with Crippen LogP contribution in [-0.4, -0.2) is 43.7 Å². The van der Waals surface area contributed by atoms with Crippen LogP contribution in [0, 0.1) is 12.8 Å². The maximum atomic E-state index is 12.6. The molecule has 1 fully saturated rings. The van der Waals surface area contributed by atoms with Crippen LogP contribution in [0.2, 0.25) is 0 Å². The van der Waals surface area contributed by atoms with Gasteiger partial charge >= 0.3 is 0 Å². The zero-order valence-corrected chi connectivity index (χ0v) is 13.6. The van der Waals surface area contributed by atoms with Crippen molar-refractivity contribution in [1.82, 2.24) is 8.61 Å². The predicted octanol–water partition coefficient (Wildman–Crippen LogP) is 1.34. The van der Waals surface area contributed by atoms with Gasteiger partial charge in [0.05, 0.1) is 0 Å². The molecule has 0 radical (unpaired) electrons. The Bertz CT molecular complexity index is 566. The van der Waals surface area contributed by atoms with Gasteiger partial charge in [0.15, 0.2) is 0 Å². The highest BCUT2D eigenvalue weighted by atomic mass is 32.2. The molecule has 1 aliphatic heterocycles. The fraction of sp³-hybridized carbons (Fsp3) is 0.600. The summed E-state index contributed by atoms with van der Waals surface area (Å²) in [6, 6.07) is 7.88. The molecule has 118 valence electrons. The van der Waals surface area contributed by atoms with Crippen LogP contribution in [0.4, 0.5) is 0 Å². The minimum atomic E-state index is -3.38. The quantitative estimate of drug-likeness (QED) is 0.892. The van der Waals surface area contributed by atoms with Crippen LogP contribution in [0.5, 0.6) is 0 Å². The molecule has 2 N–H and O–H groups in total. The van der Waals surface area contributed by atoms with Crippen molar-refractivity contribution in [1.29, 1.82) is 0 Å². The zero-order chi connectivity index (χ0) is 15.5. The highest BCUT2D eigenvalue weighted by Gasteiger charge is 2.30. The first-order chi connectivity index (χ1) is 9.95. The lowest BCUT2D eigenvalue weighted by molar-refractivity contribution is 0.262. The van der Waals surface area contributed by atoms with Crippen LogP contribution in [0.1, 0.15) is 24.0 Å². The van der Waals surface area contributed by atoms with Crippen LogP contribution >= 0.6 is 0 Å². The van der Waals surface area contributed by atoms with E-state index in [0.717, 1.165) is 24.0 Å². The van der Waals surface area contributed by atoms with Crippen LogP contribution in [0.15, 0.2) is 24.3 Å². The van der Waals surface area contributed by atoms with E-state index in [0.29, 0.717) is 32.1 Å². The van der Waals surface area contributed by atoms with Gasteiger partial charge in [0.2, 0.25) is 0 Å². The lowest BCUT2D eigenvalue weighted by Gasteiger charge is -2.33. The van der Waals surface area contributed by atoms with Gasteiger partial charge in [0.1, 0.15) is 0 Å². The highest BCUT2D eigenvalue weighted by molar-refractivity contribution is 7.86. The molecule has 0 saturated carbocycles. The number of benzene rings is 1. The lowest BCUT2D eigenvalue weighted by Crippen LogP contribution is -2.46. The summed E-state index contributed by atoms with van der Waals surface area (Å²) in [6.45, 7) is 4.20. The Morgan fingerprint density at radius 2 is 1.90 bits per heavy atom. The lowest BCUT2D eigenvalue weighted by atomic mass is 9.99. The summed E-state index contributed by atoms with van der Waals surface area (Å²) >= 11 is 0. The van der Waals surface area contributed by atoms with E-state index in [1.54, 1.807) is 11.4 Å². The molecule has 21 heavy (non-hydrogen) atoms. The average Bonchev–Trinajstić information content (AvgIpc) is 2.49. The molecule has 1 saturated heterocycles. The standard InChI is InChI=1S/C15H25N3O2S/c1-13-5-3-4-6-15(13)12-17(2)21(19,20)18-9-7-14(11-16)8-10-18/h3-6,14H,7-12,16H2,1-2H3. The number of nitrogens with two attached hydrogens (primary N) is 1. The Labute approximate surface area is 127 Å². The third-order valence-corrected chi connectivity index (χ3v) is 6.22. The van der Waals surface area contributed by atoms with E-state index in [4.69, 9.17) is 5.73 Å². The number of rotatable bonds is 5. The molecule has 0 bridgehead atoms. The average molecular weight is 311 g/mol. The Morgan fingerprint density at radius 1 is 1.29 bits per heavy atom. The first-order valence-corrected chi connectivity index (χ1v) is 8.81. The molecule has 0 aliphatic carbocycles. The summed E-state index contributed by atoms with van der Waals surface area (Å²) in [6.07, 6.45) is 1.71. The van der Waals surface area contributed by atoms with E-state index in [9.17, 15) is 8.42 Å². The van der Waals surface area contributed by atoms with E-state index in [1.165, 1.54) is 4.31 Å². The molecular formula is C15H25N3O2S. The summed E-state index contributed by atoms with van der Waals surface area (Å²) < 4.78 is 28.3. The molecule has 1 heterocycles. The van der Waals surface area contributed by atoms with Gasteiger partial charge in [-0.1, -0.05) is 24.3 Å². The third kappa shape index (κ3) is 3.83. The second-order valence-electron chi connectivity index (χ2n) is 5.77. The monoisotopic (exact) mass is 311 g/mol. The van der Waals surface area contributed by atoms with E-state index >= 15 is 0 Å². The van der Waals surface area contributed by atoms with Crippen molar-refractivity contribution in [3.8, 4) is 0 Å². The summed E-state index contributed by atoms with van der Waals surface area (Å²) in [4.78, 5) is 0. The van der Waals surface area contributed by atoms with Gasteiger partial charge in [-0.15, -0.1) is 0 Å². The Balaban J connectivity index is 2.04. The Kier molecular flexibility index (Phi) is 5.37. The second kappa shape index (κ2) is 6.87. The molecule has 0 atom stereocenters. The van der Waals surface area contributed by atoms with Gasteiger partial charge in [-0.3, -0.25) is 0 Å². The molecule has 5 nitrogen and oxygen atoms in total. The van der Waals surface area contributed by atoms with Crippen molar-refractivity contribution in [3.05, 3.63) is 35.4 Å². The maximum Gasteiger partial charge on any atom is 0.282 e. The van der Waals surface area contributed by atoms with Crippen molar-refractivity contribution in [3.63, 3.8) is 0 Å². The normalized spacial score (nSPS) is 18.3. The molecule has 0 unspecified atom stereocenters. The fourth-order valence-electron chi connectivity index (χ4n) is 2.68. The molecule has 1 aromatic carbocycles. The summed E-state index contributed by atoms with van der Waals surface area (Å²) in [5, 5.41) is 0. The molecule has 0 amide bonds. The molecule has 6 heteroatoms. The largest absolute Gasteiger partial charge is 0.330 e. The molecule has 1 aliphatic rings. The van der Waals surface area contributed by atoms with E-state index in [-0.39, 0.29) is 0 Å². The van der Waals surface area contributed by atoms with Gasteiger partial charge in [0, 0.05) is 26.7 Å². The number of nitrogens with zero attached hydrogens (tertiary/aromatic N) is 2. The molecule has 1 aromatic rings. The van der Waals surface area contributed by atoms with Crippen molar-refractivity contribution >= 4 is 10.2 Å². The number of hydrogen-bond acceptors (Lipinski definition) is 3. The summed E-state index contributed by atoms with van der Waals surface area (Å²) in [5.41, 5.74) is 7.81. The zero-order valence-electron chi connectivity index (χ0n) is 12.8. The van der Waals surface area contributed by atoms with Crippen molar-refractivity contribution in [2.75, 3.05) is 26.7 Å². The van der Waals surface area contributed by atoms with Gasteiger partial charge in [-0.25, -0.2) is 0 Å². The minimum Gasteiger partial charge on any atom is -0.330 e. The second-order valence-corrected chi connectivity index (χ2v) is 7.80. The molecule has 2 rings (SSSR count). The van der Waals surface area contributed by atoms with Gasteiger partial charge in [-0.2, -0.15) is 17.0 Å². The van der Waals surface area contributed by atoms with Crippen molar-refractivity contribution < 1.29 is 8.42 Å². The highest BCUT2D eigenvalue weighted by Crippen LogP contribution is 2.21. The van der Waals surface area contributed by atoms with Gasteiger partial charge in [0.25, 0.3) is 10.2 Å². The topological polar surface area (TPSA) is 66.6 Å². The predicted molar refractivity (Wildman–Crippen MR) is 84.9 cm³/mol. The molecule has 0 aromatic heterocycles. The van der Waals surface area contributed by atoms with Crippen LogP contribution < -0.4 is 5.73 Å². The molecular weight excluding hydrogens is 286 g/mol. The van der Waals surface area contributed by atoms with E-state index < -0.39 is 10.2 Å². The first-order valence-electron chi connectivity index (χ1n) is 7.41. The fourth-order valence-corrected chi connectivity index (χ4v) is 4.05. The van der Waals surface area contributed by atoms with Crippen LogP contribution in [0.3, 0.4) is 0 Å². The Hall–Kier alpha value is -0.950. The number of piperidine rings is 1. The molecule has 0 spiro atoms. The minimum absolute atomic E-state index is 0.409. The smallest absolute Gasteiger partial charge is 0.282 e. The van der Waals surface area contributed by atoms with Crippen LogP contribution in [-0.2, 0) is 16.8 Å². The van der Waals surface area contributed by atoms with E-state index in [1.807, 2.05) is 31.2 Å². The maximum absolute atomic E-state index is 12.6. The SMILES string of the molecule is Cc1ccccc1CN(C)S(=O)(=O)N1CCC(CN)CC1. The third-order valence-electron chi connectivity index (χ3n) is 4.28. The van der Waals surface area contributed by atoms with Gasteiger partial charge in [-0.05, 0) is 43.4 Å². The first kappa shape index (κ1) is 16.4. The van der Waals surface area contributed by atoms with Crippen molar-refractivity contribution in [2.24, 2.45) is 11.7 Å².